The molecular formula is C12H13N3O3S2. The number of rotatable bonds is 5. The van der Waals surface area contributed by atoms with Gasteiger partial charge >= 0.3 is 6.03 Å². The molecule has 106 valence electrons. The van der Waals surface area contributed by atoms with Crippen LogP contribution in [0.3, 0.4) is 0 Å². The standard InChI is InChI=1S/C12H13N3O3S2/c13-12(16)15-10-4-1-3-9(7-10)8-14-20(17,18)11-5-2-6-19-11/h1-7,14H,8H2,(H3,13,15,16). The van der Waals surface area contributed by atoms with Crippen LogP contribution < -0.4 is 15.8 Å². The van der Waals surface area contributed by atoms with E-state index >= 15 is 0 Å². The van der Waals surface area contributed by atoms with E-state index in [-0.39, 0.29) is 10.8 Å². The molecule has 0 radical (unpaired) electrons. The Morgan fingerprint density at radius 3 is 2.70 bits per heavy atom. The zero-order chi connectivity index (χ0) is 14.6. The molecule has 2 rings (SSSR count). The van der Waals surface area contributed by atoms with E-state index in [1.165, 1.54) is 6.07 Å². The van der Waals surface area contributed by atoms with Crippen LogP contribution >= 0.6 is 11.3 Å². The van der Waals surface area contributed by atoms with E-state index in [0.717, 1.165) is 16.9 Å². The first-order chi connectivity index (χ1) is 9.47. The van der Waals surface area contributed by atoms with Crippen molar-refractivity contribution in [2.45, 2.75) is 10.8 Å². The average molecular weight is 311 g/mol. The Morgan fingerprint density at radius 1 is 1.25 bits per heavy atom. The Balaban J connectivity index is 2.06. The third kappa shape index (κ3) is 3.80. The third-order valence-electron chi connectivity index (χ3n) is 2.42. The predicted molar refractivity (Wildman–Crippen MR) is 78.0 cm³/mol. The Labute approximate surface area is 120 Å². The number of hydrogen-bond donors (Lipinski definition) is 3. The second-order valence-corrected chi connectivity index (χ2v) is 6.89. The minimum atomic E-state index is -3.49. The molecule has 8 heteroatoms. The average Bonchev–Trinajstić information content (AvgIpc) is 2.91. The van der Waals surface area contributed by atoms with Crippen molar-refractivity contribution in [3.05, 3.63) is 47.3 Å². The molecule has 0 aliphatic carbocycles. The maximum absolute atomic E-state index is 11.9. The molecule has 0 aliphatic rings. The van der Waals surface area contributed by atoms with Gasteiger partial charge < -0.3 is 11.1 Å². The number of thiophene rings is 1. The van der Waals surface area contributed by atoms with Crippen LogP contribution in [0.2, 0.25) is 0 Å². The smallest absolute Gasteiger partial charge is 0.316 e. The van der Waals surface area contributed by atoms with Gasteiger partial charge in [0.2, 0.25) is 10.0 Å². The zero-order valence-corrected chi connectivity index (χ0v) is 12.0. The molecular weight excluding hydrogens is 298 g/mol. The third-order valence-corrected chi connectivity index (χ3v) is 5.22. The molecule has 2 amide bonds. The van der Waals surface area contributed by atoms with Gasteiger partial charge in [-0.05, 0) is 29.1 Å². The summed E-state index contributed by atoms with van der Waals surface area (Å²) in [6, 6.07) is 9.34. The second kappa shape index (κ2) is 6.04. The lowest BCUT2D eigenvalue weighted by atomic mass is 10.2. The van der Waals surface area contributed by atoms with Crippen molar-refractivity contribution in [1.82, 2.24) is 4.72 Å². The first kappa shape index (κ1) is 14.5. The molecule has 0 saturated carbocycles. The summed E-state index contributed by atoms with van der Waals surface area (Å²) >= 11 is 1.15. The Kier molecular flexibility index (Phi) is 4.38. The lowest BCUT2D eigenvalue weighted by molar-refractivity contribution is 0.259. The molecule has 0 spiro atoms. The summed E-state index contributed by atoms with van der Waals surface area (Å²) < 4.78 is 26.6. The lowest BCUT2D eigenvalue weighted by Gasteiger charge is -2.07. The van der Waals surface area contributed by atoms with Gasteiger partial charge in [0.25, 0.3) is 0 Å². The van der Waals surface area contributed by atoms with E-state index in [1.807, 2.05) is 0 Å². The quantitative estimate of drug-likeness (QED) is 0.783. The molecule has 1 aromatic carbocycles. The number of nitrogens with one attached hydrogen (secondary N) is 2. The zero-order valence-electron chi connectivity index (χ0n) is 10.4. The van der Waals surface area contributed by atoms with E-state index in [4.69, 9.17) is 5.73 Å². The number of benzene rings is 1. The maximum Gasteiger partial charge on any atom is 0.316 e. The van der Waals surface area contributed by atoms with Crippen LogP contribution in [0.15, 0.2) is 46.0 Å². The molecule has 0 bridgehead atoms. The number of hydrogen-bond acceptors (Lipinski definition) is 4. The molecule has 4 N–H and O–H groups in total. The minimum absolute atomic E-state index is 0.133. The second-order valence-electron chi connectivity index (χ2n) is 3.95. The van der Waals surface area contributed by atoms with Gasteiger partial charge in [-0.1, -0.05) is 18.2 Å². The highest BCUT2D eigenvalue weighted by molar-refractivity contribution is 7.91. The van der Waals surface area contributed by atoms with Crippen LogP contribution in [0.25, 0.3) is 0 Å². The normalized spacial score (nSPS) is 11.2. The molecule has 0 unspecified atom stereocenters. The summed E-state index contributed by atoms with van der Waals surface area (Å²) in [5.41, 5.74) is 6.26. The SMILES string of the molecule is NC(=O)Nc1cccc(CNS(=O)(=O)c2cccs2)c1. The fourth-order valence-electron chi connectivity index (χ4n) is 1.57. The fraction of sp³-hybridized carbons (Fsp3) is 0.0833. The van der Waals surface area contributed by atoms with E-state index in [1.54, 1.807) is 35.7 Å². The van der Waals surface area contributed by atoms with Crippen LogP contribution in [-0.2, 0) is 16.6 Å². The first-order valence-corrected chi connectivity index (χ1v) is 8.02. The van der Waals surface area contributed by atoms with E-state index in [0.29, 0.717) is 5.69 Å². The van der Waals surface area contributed by atoms with Crippen molar-refractivity contribution in [3.8, 4) is 0 Å². The van der Waals surface area contributed by atoms with Crippen LogP contribution in [0.5, 0.6) is 0 Å². The van der Waals surface area contributed by atoms with Crippen molar-refractivity contribution < 1.29 is 13.2 Å². The van der Waals surface area contributed by atoms with Crippen molar-refractivity contribution in [2.24, 2.45) is 5.73 Å². The van der Waals surface area contributed by atoms with Crippen molar-refractivity contribution >= 4 is 33.1 Å². The van der Waals surface area contributed by atoms with Crippen molar-refractivity contribution in [1.29, 1.82) is 0 Å². The van der Waals surface area contributed by atoms with Gasteiger partial charge in [0.15, 0.2) is 0 Å². The van der Waals surface area contributed by atoms with Crippen LogP contribution in [-0.4, -0.2) is 14.4 Å². The molecule has 6 nitrogen and oxygen atoms in total. The molecule has 0 atom stereocenters. The molecule has 2 aromatic rings. The highest BCUT2D eigenvalue weighted by atomic mass is 32.2. The number of anilines is 1. The van der Waals surface area contributed by atoms with Gasteiger partial charge in [-0.2, -0.15) is 0 Å². The van der Waals surface area contributed by atoms with E-state index < -0.39 is 16.1 Å². The van der Waals surface area contributed by atoms with Gasteiger partial charge in [0.1, 0.15) is 4.21 Å². The summed E-state index contributed by atoms with van der Waals surface area (Å²) in [6.07, 6.45) is 0. The monoisotopic (exact) mass is 311 g/mol. The number of amides is 2. The van der Waals surface area contributed by atoms with Crippen molar-refractivity contribution in [3.63, 3.8) is 0 Å². The largest absolute Gasteiger partial charge is 0.351 e. The molecule has 0 aliphatic heterocycles. The summed E-state index contributed by atoms with van der Waals surface area (Å²) in [5.74, 6) is 0. The summed E-state index contributed by atoms with van der Waals surface area (Å²) in [4.78, 5) is 10.8. The minimum Gasteiger partial charge on any atom is -0.351 e. The number of carbonyl (C=O) groups is 1. The number of nitrogens with two attached hydrogens (primary N) is 1. The number of urea groups is 1. The Hall–Kier alpha value is -1.90. The van der Waals surface area contributed by atoms with Gasteiger partial charge in [-0.15, -0.1) is 11.3 Å². The number of sulfonamides is 1. The van der Waals surface area contributed by atoms with Gasteiger partial charge in [0, 0.05) is 12.2 Å². The highest BCUT2D eigenvalue weighted by Crippen LogP contribution is 2.16. The van der Waals surface area contributed by atoms with Crippen molar-refractivity contribution in [2.75, 3.05) is 5.32 Å². The molecule has 0 fully saturated rings. The first-order valence-electron chi connectivity index (χ1n) is 5.66. The lowest BCUT2D eigenvalue weighted by Crippen LogP contribution is -2.23. The van der Waals surface area contributed by atoms with Gasteiger partial charge in [-0.3, -0.25) is 0 Å². The van der Waals surface area contributed by atoms with E-state index in [9.17, 15) is 13.2 Å². The Bertz CT molecular complexity index is 696. The molecule has 20 heavy (non-hydrogen) atoms. The fourth-order valence-corrected chi connectivity index (χ4v) is 3.62. The van der Waals surface area contributed by atoms with Crippen LogP contribution in [0.4, 0.5) is 10.5 Å². The summed E-state index contributed by atoms with van der Waals surface area (Å²) in [5, 5.41) is 4.13. The predicted octanol–water partition coefficient (Wildman–Crippen LogP) is 1.72. The topological polar surface area (TPSA) is 101 Å². The van der Waals surface area contributed by atoms with E-state index in [2.05, 4.69) is 10.0 Å². The van der Waals surface area contributed by atoms with Gasteiger partial charge in [0.05, 0.1) is 0 Å². The number of carbonyl (C=O) groups excluding carboxylic acids is 1. The Morgan fingerprint density at radius 2 is 2.05 bits per heavy atom. The van der Waals surface area contributed by atoms with Gasteiger partial charge in [-0.25, -0.2) is 17.9 Å². The summed E-state index contributed by atoms with van der Waals surface area (Å²) in [7, 11) is -3.49. The summed E-state index contributed by atoms with van der Waals surface area (Å²) in [6.45, 7) is 0.133. The van der Waals surface area contributed by atoms with Crippen LogP contribution in [0, 0.1) is 0 Å². The highest BCUT2D eigenvalue weighted by Gasteiger charge is 2.14. The molecule has 1 heterocycles. The number of primary amides is 1. The molecule has 1 aromatic heterocycles. The molecule has 0 saturated heterocycles. The van der Waals surface area contributed by atoms with Crippen LogP contribution in [0.1, 0.15) is 5.56 Å². The maximum atomic E-state index is 11.9.